The Morgan fingerprint density at radius 3 is 1.74 bits per heavy atom. The summed E-state index contributed by atoms with van der Waals surface area (Å²) < 4.78 is 0. The topological polar surface area (TPSA) is 36.7 Å². The molecule has 0 saturated heterocycles. The van der Waals surface area contributed by atoms with E-state index in [1.807, 2.05) is 25.1 Å². The van der Waals surface area contributed by atoms with Gasteiger partial charge in [-0.25, -0.2) is 4.98 Å². The minimum absolute atomic E-state index is 0.818. The quantitative estimate of drug-likeness (QED) is 0.125. The summed E-state index contributed by atoms with van der Waals surface area (Å²) in [4.78, 5) is 4.96. The van der Waals surface area contributed by atoms with E-state index in [1.165, 1.54) is 55.4 Å². The molecule has 7 aromatic rings. The molecule has 1 aromatic heterocycles. The highest BCUT2D eigenvalue weighted by atomic mass is 14.7. The average molecular weight is 551 g/mol. The Bertz CT molecular complexity index is 2160. The van der Waals surface area contributed by atoms with Gasteiger partial charge < -0.3 is 5.41 Å². The summed E-state index contributed by atoms with van der Waals surface area (Å²) in [5.74, 6) is 0. The van der Waals surface area contributed by atoms with Crippen molar-refractivity contribution in [1.82, 2.24) is 4.98 Å². The zero-order valence-corrected chi connectivity index (χ0v) is 24.0. The molecule has 0 radical (unpaired) electrons. The Morgan fingerprint density at radius 1 is 0.581 bits per heavy atom. The van der Waals surface area contributed by atoms with Crippen molar-refractivity contribution in [2.45, 2.75) is 6.92 Å². The first kappa shape index (κ1) is 26.3. The summed E-state index contributed by atoms with van der Waals surface area (Å²) in [7, 11) is 0. The molecular weight excluding hydrogens is 520 g/mol. The van der Waals surface area contributed by atoms with Crippen molar-refractivity contribution in [1.29, 1.82) is 5.41 Å². The highest BCUT2D eigenvalue weighted by Crippen LogP contribution is 2.44. The lowest BCUT2D eigenvalue weighted by Gasteiger charge is -2.18. The zero-order chi connectivity index (χ0) is 29.3. The summed E-state index contributed by atoms with van der Waals surface area (Å²) in [6.07, 6.45) is 3.12. The second-order valence-corrected chi connectivity index (χ2v) is 10.8. The molecule has 0 unspecified atom stereocenters. The van der Waals surface area contributed by atoms with E-state index in [0.717, 1.165) is 33.5 Å². The fourth-order valence-electron chi connectivity index (χ4n) is 6.21. The van der Waals surface area contributed by atoms with E-state index in [1.54, 1.807) is 6.08 Å². The van der Waals surface area contributed by atoms with Crippen LogP contribution in [0.5, 0.6) is 0 Å². The van der Waals surface area contributed by atoms with Crippen LogP contribution in [0, 0.1) is 5.41 Å². The molecule has 0 spiro atoms. The summed E-state index contributed by atoms with van der Waals surface area (Å²) >= 11 is 0. The summed E-state index contributed by atoms with van der Waals surface area (Å²) in [6, 6.07) is 47.6. The van der Waals surface area contributed by atoms with Crippen molar-refractivity contribution in [2.75, 3.05) is 0 Å². The first-order valence-electron chi connectivity index (χ1n) is 14.5. The maximum atomic E-state index is 7.69. The Labute approximate surface area is 251 Å². The molecule has 6 aromatic carbocycles. The highest BCUT2D eigenvalue weighted by molar-refractivity contribution is 6.21. The molecule has 0 aliphatic carbocycles. The molecule has 0 amide bonds. The zero-order valence-electron chi connectivity index (χ0n) is 24.0. The maximum Gasteiger partial charge on any atom is 0.0712 e. The Balaban J connectivity index is 1.43. The monoisotopic (exact) mass is 550 g/mol. The van der Waals surface area contributed by atoms with Gasteiger partial charge in [0.25, 0.3) is 0 Å². The van der Waals surface area contributed by atoms with Gasteiger partial charge in [0.05, 0.1) is 11.4 Å². The molecule has 2 heteroatoms. The van der Waals surface area contributed by atoms with Crippen LogP contribution in [0.25, 0.3) is 71.4 Å². The number of aromatic nitrogens is 1. The lowest BCUT2D eigenvalue weighted by molar-refractivity contribution is 1.28. The first-order chi connectivity index (χ1) is 21.2. The van der Waals surface area contributed by atoms with E-state index in [0.29, 0.717) is 0 Å². The number of fused-ring (bicyclic) bond motifs is 3. The number of nitrogens with one attached hydrogen (secondary N) is 1. The smallest absolute Gasteiger partial charge is 0.0712 e. The Kier molecular flexibility index (Phi) is 6.73. The fraction of sp³-hybridized carbons (Fsp3) is 0.0244. The molecule has 0 saturated carbocycles. The van der Waals surface area contributed by atoms with Crippen molar-refractivity contribution < 1.29 is 0 Å². The van der Waals surface area contributed by atoms with Gasteiger partial charge in [-0.3, -0.25) is 0 Å². The number of hydrogen-bond donors (Lipinski definition) is 1. The van der Waals surface area contributed by atoms with Crippen molar-refractivity contribution in [2.24, 2.45) is 0 Å². The number of benzene rings is 6. The summed E-state index contributed by atoms with van der Waals surface area (Å²) in [6.45, 7) is 5.87. The van der Waals surface area contributed by atoms with Gasteiger partial charge in [-0.15, -0.1) is 0 Å². The molecule has 0 fully saturated rings. The van der Waals surface area contributed by atoms with Gasteiger partial charge in [0, 0.05) is 17.4 Å². The fourth-order valence-corrected chi connectivity index (χ4v) is 6.21. The van der Waals surface area contributed by atoms with Crippen LogP contribution in [-0.2, 0) is 0 Å². The average Bonchev–Trinajstić information content (AvgIpc) is 3.07. The van der Waals surface area contributed by atoms with Crippen LogP contribution in [-0.4, -0.2) is 11.2 Å². The van der Waals surface area contributed by atoms with Crippen LogP contribution in [0.15, 0.2) is 152 Å². The lowest BCUT2D eigenvalue weighted by atomic mass is 9.85. The lowest BCUT2D eigenvalue weighted by Crippen LogP contribution is -1.94. The molecule has 0 atom stereocenters. The van der Waals surface area contributed by atoms with E-state index < -0.39 is 0 Å². The molecule has 1 heterocycles. The van der Waals surface area contributed by atoms with Gasteiger partial charge in [0.2, 0.25) is 0 Å². The molecule has 2 nitrogen and oxygen atoms in total. The van der Waals surface area contributed by atoms with Crippen molar-refractivity contribution >= 4 is 44.1 Å². The number of pyridine rings is 1. The van der Waals surface area contributed by atoms with E-state index in [2.05, 4.69) is 122 Å². The molecule has 204 valence electrons. The molecule has 1 N–H and O–H groups in total. The highest BCUT2D eigenvalue weighted by Gasteiger charge is 2.16. The number of nitrogens with zero attached hydrogens (tertiary/aromatic N) is 1. The molecular formula is C41H30N2. The second-order valence-electron chi connectivity index (χ2n) is 10.8. The second kappa shape index (κ2) is 11.0. The Hall–Kier alpha value is -5.60. The third-order valence-electron chi connectivity index (χ3n) is 8.29. The van der Waals surface area contributed by atoms with Crippen LogP contribution in [0.3, 0.4) is 0 Å². The van der Waals surface area contributed by atoms with Gasteiger partial charge >= 0.3 is 0 Å². The van der Waals surface area contributed by atoms with Crippen molar-refractivity contribution in [3.63, 3.8) is 0 Å². The van der Waals surface area contributed by atoms with Gasteiger partial charge in [-0.2, -0.15) is 0 Å². The van der Waals surface area contributed by atoms with E-state index in [4.69, 9.17) is 10.4 Å². The van der Waals surface area contributed by atoms with Crippen molar-refractivity contribution in [3.05, 3.63) is 157 Å². The maximum absolute atomic E-state index is 7.69. The van der Waals surface area contributed by atoms with E-state index in [-0.39, 0.29) is 0 Å². The molecule has 0 bridgehead atoms. The number of hydrogen-bond acceptors (Lipinski definition) is 2. The normalized spacial score (nSPS) is 11.9. The standard InChI is InChI=1S/C41H30N2/c1-3-33(27(2)26-42)39-19-11-18-38(43-39)30-22-20-28-21-23-31(25-32(28)24-30)41-36-16-9-7-14-34(36)40(29-12-5-4-6-13-29)35-15-8-10-17-37(35)41/h3-26,42H,1H2,2H3/b33-27+,42-26?. The number of rotatable bonds is 6. The largest absolute Gasteiger partial charge is 0.308 e. The molecule has 0 aliphatic heterocycles. The van der Waals surface area contributed by atoms with Crippen LogP contribution in [0.2, 0.25) is 0 Å². The minimum Gasteiger partial charge on any atom is -0.308 e. The molecule has 0 aliphatic rings. The van der Waals surface area contributed by atoms with Crippen LogP contribution < -0.4 is 0 Å². The van der Waals surface area contributed by atoms with Crippen LogP contribution >= 0.6 is 0 Å². The minimum atomic E-state index is 0.818. The van der Waals surface area contributed by atoms with Gasteiger partial charge in [0.15, 0.2) is 0 Å². The van der Waals surface area contributed by atoms with Gasteiger partial charge in [0.1, 0.15) is 0 Å². The summed E-state index contributed by atoms with van der Waals surface area (Å²) in [5.41, 5.74) is 9.41. The Morgan fingerprint density at radius 2 is 1.14 bits per heavy atom. The number of allylic oxidation sites excluding steroid dienone is 3. The summed E-state index contributed by atoms with van der Waals surface area (Å²) in [5, 5.41) is 15.0. The SMILES string of the molecule is C=C/C(=C(/C)C=N)c1cccc(-c2ccc3ccc(-c4c5ccccc5c(-c5ccccc5)c5ccccc45)cc3c2)n1. The van der Waals surface area contributed by atoms with Crippen LogP contribution in [0.4, 0.5) is 0 Å². The van der Waals surface area contributed by atoms with Crippen LogP contribution in [0.1, 0.15) is 12.6 Å². The third-order valence-corrected chi connectivity index (χ3v) is 8.29. The predicted molar refractivity (Wildman–Crippen MR) is 185 cm³/mol. The van der Waals surface area contributed by atoms with E-state index in [9.17, 15) is 0 Å². The van der Waals surface area contributed by atoms with Gasteiger partial charge in [-0.05, 0) is 91.3 Å². The first-order valence-corrected chi connectivity index (χ1v) is 14.5. The molecule has 7 rings (SSSR count). The van der Waals surface area contributed by atoms with Gasteiger partial charge in [-0.1, -0.05) is 122 Å². The third kappa shape index (κ3) is 4.64. The van der Waals surface area contributed by atoms with Crippen molar-refractivity contribution in [3.8, 4) is 33.5 Å². The molecule has 43 heavy (non-hydrogen) atoms. The van der Waals surface area contributed by atoms with E-state index >= 15 is 0 Å². The predicted octanol–water partition coefficient (Wildman–Crippen LogP) is 11.2.